The number of rotatable bonds is 7. The third-order valence-corrected chi connectivity index (χ3v) is 4.53. The number of aryl methyl sites for hydroxylation is 1. The molecule has 0 aliphatic carbocycles. The largest absolute Gasteiger partial charge is 0.352 e. The minimum Gasteiger partial charge on any atom is -0.352 e. The van der Waals surface area contributed by atoms with Crippen molar-refractivity contribution in [3.05, 3.63) is 83.3 Å². The molecular weight excluding hydrogens is 364 g/mol. The van der Waals surface area contributed by atoms with Gasteiger partial charge in [-0.05, 0) is 50.6 Å². The highest BCUT2D eigenvalue weighted by molar-refractivity contribution is 6.03. The minimum atomic E-state index is -0.317. The van der Waals surface area contributed by atoms with Gasteiger partial charge in [0.2, 0.25) is 0 Å². The summed E-state index contributed by atoms with van der Waals surface area (Å²) in [4.78, 5) is 35.0. The lowest BCUT2D eigenvalue weighted by molar-refractivity contribution is 0.101. The zero-order valence-electron chi connectivity index (χ0n) is 16.8. The normalized spacial score (nSPS) is 10.4. The molecule has 0 aliphatic heterocycles. The summed E-state index contributed by atoms with van der Waals surface area (Å²) in [7, 11) is 0. The number of ketones is 1. The molecule has 0 fully saturated rings. The SMILES string of the molecule is CCN(Cc1ccccc1)c1cc(C(=O)Nc2ccc(C(C)=O)cc2)nc(C)n1. The van der Waals surface area contributed by atoms with E-state index in [1.807, 2.05) is 18.2 Å². The average Bonchev–Trinajstić information content (AvgIpc) is 2.72. The highest BCUT2D eigenvalue weighted by Gasteiger charge is 2.15. The fourth-order valence-corrected chi connectivity index (χ4v) is 2.97. The second-order valence-corrected chi connectivity index (χ2v) is 6.75. The van der Waals surface area contributed by atoms with Crippen molar-refractivity contribution in [1.82, 2.24) is 9.97 Å². The van der Waals surface area contributed by atoms with Crippen LogP contribution >= 0.6 is 0 Å². The van der Waals surface area contributed by atoms with Gasteiger partial charge >= 0.3 is 0 Å². The molecule has 0 spiro atoms. The Labute approximate surface area is 170 Å². The first-order valence-corrected chi connectivity index (χ1v) is 9.53. The average molecular weight is 388 g/mol. The van der Waals surface area contributed by atoms with Crippen LogP contribution in [0.2, 0.25) is 0 Å². The van der Waals surface area contributed by atoms with Crippen molar-refractivity contribution < 1.29 is 9.59 Å². The standard InChI is InChI=1S/C23H24N4O2/c1-4-27(15-18-8-6-5-7-9-18)22-14-21(24-17(3)25-22)23(29)26-20-12-10-19(11-13-20)16(2)28/h5-14H,4,15H2,1-3H3,(H,26,29). The lowest BCUT2D eigenvalue weighted by Gasteiger charge is -2.22. The van der Waals surface area contributed by atoms with Gasteiger partial charge in [-0.3, -0.25) is 9.59 Å². The zero-order valence-corrected chi connectivity index (χ0v) is 16.8. The molecule has 2 aromatic carbocycles. The summed E-state index contributed by atoms with van der Waals surface area (Å²) in [5, 5.41) is 2.83. The molecule has 0 saturated carbocycles. The van der Waals surface area contributed by atoms with E-state index in [0.717, 1.165) is 6.54 Å². The maximum atomic E-state index is 12.7. The minimum absolute atomic E-state index is 0.0167. The van der Waals surface area contributed by atoms with Gasteiger partial charge in [-0.2, -0.15) is 0 Å². The molecule has 1 heterocycles. The number of hydrogen-bond donors (Lipinski definition) is 1. The van der Waals surface area contributed by atoms with E-state index in [0.29, 0.717) is 35.1 Å². The molecule has 0 saturated heterocycles. The summed E-state index contributed by atoms with van der Waals surface area (Å²) in [6, 6.07) is 18.6. The summed E-state index contributed by atoms with van der Waals surface area (Å²) >= 11 is 0. The molecule has 3 rings (SSSR count). The monoisotopic (exact) mass is 388 g/mol. The molecule has 0 bridgehead atoms. The zero-order chi connectivity index (χ0) is 20.8. The van der Waals surface area contributed by atoms with Crippen molar-refractivity contribution in [3.8, 4) is 0 Å². The number of nitrogens with zero attached hydrogens (tertiary/aromatic N) is 3. The summed E-state index contributed by atoms with van der Waals surface area (Å²) in [6.45, 7) is 6.78. The van der Waals surface area contributed by atoms with Gasteiger partial charge in [-0.1, -0.05) is 30.3 Å². The summed E-state index contributed by atoms with van der Waals surface area (Å²) in [6.07, 6.45) is 0. The number of hydrogen-bond acceptors (Lipinski definition) is 5. The van der Waals surface area contributed by atoms with E-state index in [1.165, 1.54) is 12.5 Å². The second kappa shape index (κ2) is 9.10. The molecule has 0 unspecified atom stereocenters. The predicted octanol–water partition coefficient (Wildman–Crippen LogP) is 4.27. The first kappa shape index (κ1) is 20.2. The Balaban J connectivity index is 1.79. The Kier molecular flexibility index (Phi) is 6.34. The van der Waals surface area contributed by atoms with E-state index < -0.39 is 0 Å². The Hall–Kier alpha value is -3.54. The molecule has 0 aliphatic rings. The topological polar surface area (TPSA) is 75.2 Å². The lowest BCUT2D eigenvalue weighted by atomic mass is 10.1. The van der Waals surface area contributed by atoms with Crippen LogP contribution in [0, 0.1) is 6.92 Å². The van der Waals surface area contributed by atoms with Crippen molar-refractivity contribution in [2.45, 2.75) is 27.3 Å². The highest BCUT2D eigenvalue weighted by Crippen LogP contribution is 2.17. The van der Waals surface area contributed by atoms with E-state index in [4.69, 9.17) is 0 Å². The van der Waals surface area contributed by atoms with Gasteiger partial charge in [0.15, 0.2) is 5.78 Å². The van der Waals surface area contributed by atoms with Gasteiger partial charge in [-0.15, -0.1) is 0 Å². The number of aromatic nitrogens is 2. The van der Waals surface area contributed by atoms with Gasteiger partial charge in [0.1, 0.15) is 17.3 Å². The lowest BCUT2D eigenvalue weighted by Crippen LogP contribution is -2.25. The number of anilines is 2. The molecule has 29 heavy (non-hydrogen) atoms. The third kappa shape index (κ3) is 5.25. The van der Waals surface area contributed by atoms with Crippen LogP contribution in [-0.2, 0) is 6.54 Å². The quantitative estimate of drug-likeness (QED) is 0.612. The van der Waals surface area contributed by atoms with Crippen LogP contribution in [0.4, 0.5) is 11.5 Å². The van der Waals surface area contributed by atoms with Gasteiger partial charge in [0.25, 0.3) is 5.91 Å². The molecule has 6 heteroatoms. The van der Waals surface area contributed by atoms with Crippen LogP contribution < -0.4 is 10.2 Å². The Morgan fingerprint density at radius 2 is 1.69 bits per heavy atom. The van der Waals surface area contributed by atoms with Crippen LogP contribution in [0.3, 0.4) is 0 Å². The van der Waals surface area contributed by atoms with E-state index in [9.17, 15) is 9.59 Å². The number of carbonyl (C=O) groups is 2. The van der Waals surface area contributed by atoms with Crippen LogP contribution in [-0.4, -0.2) is 28.2 Å². The Morgan fingerprint density at radius 3 is 2.31 bits per heavy atom. The first-order chi connectivity index (χ1) is 14.0. The molecule has 0 radical (unpaired) electrons. The van der Waals surface area contributed by atoms with Gasteiger partial charge in [-0.25, -0.2) is 9.97 Å². The van der Waals surface area contributed by atoms with Crippen molar-refractivity contribution in [2.24, 2.45) is 0 Å². The van der Waals surface area contributed by atoms with Gasteiger partial charge < -0.3 is 10.2 Å². The number of carbonyl (C=O) groups excluding carboxylic acids is 2. The van der Waals surface area contributed by atoms with Crippen molar-refractivity contribution >= 4 is 23.2 Å². The third-order valence-electron chi connectivity index (χ3n) is 4.53. The van der Waals surface area contributed by atoms with Crippen LogP contribution in [0.15, 0.2) is 60.7 Å². The maximum Gasteiger partial charge on any atom is 0.274 e. The summed E-state index contributed by atoms with van der Waals surface area (Å²) in [5.41, 5.74) is 2.67. The number of nitrogens with one attached hydrogen (secondary N) is 1. The number of benzene rings is 2. The predicted molar refractivity (Wildman–Crippen MR) is 114 cm³/mol. The van der Waals surface area contributed by atoms with Crippen molar-refractivity contribution in [3.63, 3.8) is 0 Å². The van der Waals surface area contributed by atoms with Crippen LogP contribution in [0.1, 0.15) is 46.1 Å². The highest BCUT2D eigenvalue weighted by atomic mass is 16.2. The van der Waals surface area contributed by atoms with E-state index in [-0.39, 0.29) is 11.7 Å². The molecule has 1 N–H and O–H groups in total. The van der Waals surface area contributed by atoms with E-state index >= 15 is 0 Å². The first-order valence-electron chi connectivity index (χ1n) is 9.53. The van der Waals surface area contributed by atoms with Crippen LogP contribution in [0.25, 0.3) is 0 Å². The molecule has 148 valence electrons. The number of amides is 1. The van der Waals surface area contributed by atoms with Crippen LogP contribution in [0.5, 0.6) is 0 Å². The molecule has 0 atom stereocenters. The number of Topliss-reactive ketones (excluding diaryl/α,β-unsaturated/α-hetero) is 1. The summed E-state index contributed by atoms with van der Waals surface area (Å²) in [5.74, 6) is 0.909. The fraction of sp³-hybridized carbons (Fsp3) is 0.217. The van der Waals surface area contributed by atoms with Gasteiger partial charge in [0.05, 0.1) is 0 Å². The van der Waals surface area contributed by atoms with Crippen molar-refractivity contribution in [1.29, 1.82) is 0 Å². The smallest absolute Gasteiger partial charge is 0.274 e. The van der Waals surface area contributed by atoms with Gasteiger partial charge in [0, 0.05) is 30.4 Å². The molecular formula is C23H24N4O2. The van der Waals surface area contributed by atoms with E-state index in [1.54, 1.807) is 37.3 Å². The van der Waals surface area contributed by atoms with Crippen molar-refractivity contribution in [2.75, 3.05) is 16.8 Å². The molecule has 3 aromatic rings. The Bertz CT molecular complexity index is 1000. The molecule has 1 amide bonds. The Morgan fingerprint density at radius 1 is 1.00 bits per heavy atom. The maximum absolute atomic E-state index is 12.7. The molecule has 6 nitrogen and oxygen atoms in total. The second-order valence-electron chi connectivity index (χ2n) is 6.75. The fourth-order valence-electron chi connectivity index (χ4n) is 2.97. The summed E-state index contributed by atoms with van der Waals surface area (Å²) < 4.78 is 0. The molecule has 1 aromatic heterocycles. The van der Waals surface area contributed by atoms with E-state index in [2.05, 4.69) is 39.2 Å².